The zero-order chi connectivity index (χ0) is 15.0. The van der Waals surface area contributed by atoms with Gasteiger partial charge in [0.1, 0.15) is 23.1 Å². The molecule has 1 aromatic carbocycles. The second-order valence-corrected chi connectivity index (χ2v) is 5.91. The summed E-state index contributed by atoms with van der Waals surface area (Å²) in [5, 5.41) is 12.0. The molecule has 0 spiro atoms. The number of thiophene rings is 1. The maximum atomic E-state index is 14.3. The van der Waals surface area contributed by atoms with E-state index >= 15 is 0 Å². The van der Waals surface area contributed by atoms with E-state index < -0.39 is 11.4 Å². The quantitative estimate of drug-likeness (QED) is 0.581. The lowest BCUT2D eigenvalue weighted by atomic mass is 10.0. The molecule has 1 N–H and O–H groups in total. The predicted octanol–water partition coefficient (Wildman–Crippen LogP) is 3.38. The third kappa shape index (κ3) is 2.22. The van der Waals surface area contributed by atoms with Crippen LogP contribution in [0.1, 0.15) is 5.56 Å². The van der Waals surface area contributed by atoms with Crippen LogP contribution in [0.25, 0.3) is 21.3 Å². The highest BCUT2D eigenvalue weighted by Gasteiger charge is 2.19. The molecule has 0 atom stereocenters. The average Bonchev–Trinajstić information content (AvgIpc) is 2.94. The summed E-state index contributed by atoms with van der Waals surface area (Å²) in [7, 11) is 0. The molecule has 0 amide bonds. The Morgan fingerprint density at radius 1 is 1.43 bits per heavy atom. The van der Waals surface area contributed by atoms with Gasteiger partial charge in [-0.05, 0) is 29.8 Å². The van der Waals surface area contributed by atoms with Gasteiger partial charge < -0.3 is 4.98 Å². The number of aromatic nitrogens is 2. The number of halogens is 1. The summed E-state index contributed by atoms with van der Waals surface area (Å²) >= 11 is 2.69. The van der Waals surface area contributed by atoms with Crippen LogP contribution < -0.4 is 5.56 Å². The predicted molar refractivity (Wildman–Crippen MR) is 82.1 cm³/mol. The molecule has 2 heterocycles. The summed E-state index contributed by atoms with van der Waals surface area (Å²) in [5.41, 5.74) is -0.442. The fourth-order valence-electron chi connectivity index (χ4n) is 2.09. The number of thioether (sulfide) groups is 1. The second-order valence-electron chi connectivity index (χ2n) is 4.17. The molecule has 4 nitrogen and oxygen atoms in total. The smallest absolute Gasteiger partial charge is 0.270 e. The number of benzene rings is 1. The lowest BCUT2D eigenvalue weighted by Crippen LogP contribution is -2.15. The third-order valence-corrected chi connectivity index (χ3v) is 4.49. The van der Waals surface area contributed by atoms with Crippen molar-refractivity contribution in [2.45, 2.75) is 5.16 Å². The Kier molecular flexibility index (Phi) is 3.49. The number of H-pyrrole nitrogens is 1. The fourth-order valence-corrected chi connectivity index (χ4v) is 3.26. The molecule has 21 heavy (non-hydrogen) atoms. The Hall–Kier alpha value is -2.17. The van der Waals surface area contributed by atoms with Crippen molar-refractivity contribution in [2.75, 3.05) is 6.26 Å². The molecule has 0 aliphatic carbocycles. The van der Waals surface area contributed by atoms with E-state index in [-0.39, 0.29) is 16.8 Å². The lowest BCUT2D eigenvalue weighted by Gasteiger charge is -2.07. The van der Waals surface area contributed by atoms with Crippen LogP contribution in [0.4, 0.5) is 4.39 Å². The van der Waals surface area contributed by atoms with E-state index in [1.54, 1.807) is 18.4 Å². The van der Waals surface area contributed by atoms with Gasteiger partial charge in [-0.2, -0.15) is 5.26 Å². The largest absolute Gasteiger partial charge is 0.300 e. The molecule has 0 saturated carbocycles. The Balaban J connectivity index is 2.45. The van der Waals surface area contributed by atoms with Crippen molar-refractivity contribution in [3.05, 3.63) is 45.3 Å². The summed E-state index contributed by atoms with van der Waals surface area (Å²) in [6.07, 6.45) is 1.75. The van der Waals surface area contributed by atoms with Crippen LogP contribution in [0.15, 0.2) is 33.5 Å². The standard InChI is InChI=1S/C14H8FN3OS2/c1-20-14-17-12(8(6-16)13(19)18-14)11-7-4-5-21-10(7)3-2-9(11)15/h2-5H,1H3,(H,17,18,19). The van der Waals surface area contributed by atoms with Crippen molar-refractivity contribution >= 4 is 33.2 Å². The number of nitriles is 1. The molecular weight excluding hydrogens is 309 g/mol. The van der Waals surface area contributed by atoms with Crippen LogP contribution in [0.2, 0.25) is 0 Å². The summed E-state index contributed by atoms with van der Waals surface area (Å²) in [4.78, 5) is 18.7. The number of hydrogen-bond acceptors (Lipinski definition) is 5. The van der Waals surface area contributed by atoms with Crippen LogP contribution >= 0.6 is 23.1 Å². The van der Waals surface area contributed by atoms with Crippen LogP contribution in [0.5, 0.6) is 0 Å². The highest BCUT2D eigenvalue weighted by atomic mass is 32.2. The first-order chi connectivity index (χ1) is 10.2. The zero-order valence-corrected chi connectivity index (χ0v) is 12.4. The van der Waals surface area contributed by atoms with Gasteiger partial charge in [0.15, 0.2) is 5.16 Å². The van der Waals surface area contributed by atoms with Gasteiger partial charge in [0.25, 0.3) is 5.56 Å². The molecule has 0 bridgehead atoms. The SMILES string of the molecule is CSc1nc(-c2c(F)ccc3sccc23)c(C#N)c(=O)[nH]1. The van der Waals surface area contributed by atoms with Gasteiger partial charge in [0.05, 0.1) is 0 Å². The minimum absolute atomic E-state index is 0.0899. The van der Waals surface area contributed by atoms with Crippen molar-refractivity contribution < 1.29 is 4.39 Å². The minimum Gasteiger partial charge on any atom is -0.300 e. The summed E-state index contributed by atoms with van der Waals surface area (Å²) in [5.74, 6) is -0.498. The first-order valence-corrected chi connectivity index (χ1v) is 8.00. The molecule has 0 aliphatic rings. The monoisotopic (exact) mass is 317 g/mol. The molecule has 0 unspecified atom stereocenters. The lowest BCUT2D eigenvalue weighted by molar-refractivity contribution is 0.632. The molecule has 7 heteroatoms. The van der Waals surface area contributed by atoms with Crippen molar-refractivity contribution in [2.24, 2.45) is 0 Å². The maximum Gasteiger partial charge on any atom is 0.270 e. The molecule has 0 radical (unpaired) electrons. The van der Waals surface area contributed by atoms with E-state index in [4.69, 9.17) is 0 Å². The Bertz CT molecular complexity index is 940. The van der Waals surface area contributed by atoms with Crippen LogP contribution in [-0.2, 0) is 0 Å². The molecule has 0 saturated heterocycles. The van der Waals surface area contributed by atoms with Crippen LogP contribution in [0, 0.1) is 17.1 Å². The van der Waals surface area contributed by atoms with E-state index in [2.05, 4.69) is 9.97 Å². The molecule has 3 aromatic rings. The Morgan fingerprint density at radius 3 is 2.95 bits per heavy atom. The number of nitrogens with zero attached hydrogens (tertiary/aromatic N) is 2. The summed E-state index contributed by atoms with van der Waals surface area (Å²) in [6.45, 7) is 0. The number of hydrogen-bond donors (Lipinski definition) is 1. The van der Waals surface area contributed by atoms with Gasteiger partial charge in [-0.15, -0.1) is 11.3 Å². The van der Waals surface area contributed by atoms with Crippen molar-refractivity contribution in [3.63, 3.8) is 0 Å². The highest BCUT2D eigenvalue weighted by Crippen LogP contribution is 2.34. The highest BCUT2D eigenvalue weighted by molar-refractivity contribution is 7.98. The number of nitrogens with one attached hydrogen (secondary N) is 1. The molecule has 0 aliphatic heterocycles. The average molecular weight is 317 g/mol. The van der Waals surface area contributed by atoms with Crippen molar-refractivity contribution in [1.29, 1.82) is 5.26 Å². The number of aromatic amines is 1. The van der Waals surface area contributed by atoms with Gasteiger partial charge >= 0.3 is 0 Å². The Morgan fingerprint density at radius 2 is 2.24 bits per heavy atom. The maximum absolute atomic E-state index is 14.3. The van der Waals surface area contributed by atoms with Gasteiger partial charge in [-0.3, -0.25) is 4.79 Å². The fraction of sp³-hybridized carbons (Fsp3) is 0.0714. The second kappa shape index (κ2) is 5.31. The van der Waals surface area contributed by atoms with E-state index in [9.17, 15) is 14.4 Å². The molecule has 0 fully saturated rings. The van der Waals surface area contributed by atoms with E-state index in [1.165, 1.54) is 29.2 Å². The third-order valence-electron chi connectivity index (χ3n) is 3.02. The first kappa shape index (κ1) is 13.8. The topological polar surface area (TPSA) is 69.5 Å². The van der Waals surface area contributed by atoms with Crippen molar-refractivity contribution in [1.82, 2.24) is 9.97 Å². The normalized spacial score (nSPS) is 10.7. The Labute approximate surface area is 127 Å². The van der Waals surface area contributed by atoms with Crippen LogP contribution in [-0.4, -0.2) is 16.2 Å². The van der Waals surface area contributed by atoms with Crippen LogP contribution in [0.3, 0.4) is 0 Å². The summed E-state index contributed by atoms with van der Waals surface area (Å²) < 4.78 is 15.2. The van der Waals surface area contributed by atoms with E-state index in [1.807, 2.05) is 11.4 Å². The molecule has 104 valence electrons. The number of rotatable bonds is 2. The molecule has 2 aromatic heterocycles. The van der Waals surface area contributed by atoms with Crippen molar-refractivity contribution in [3.8, 4) is 17.3 Å². The van der Waals surface area contributed by atoms with E-state index in [0.717, 1.165) is 4.70 Å². The van der Waals surface area contributed by atoms with Gasteiger partial charge in [0.2, 0.25) is 0 Å². The van der Waals surface area contributed by atoms with Gasteiger partial charge in [-0.25, -0.2) is 9.37 Å². The zero-order valence-electron chi connectivity index (χ0n) is 10.8. The molecular formula is C14H8FN3OS2. The summed E-state index contributed by atoms with van der Waals surface area (Å²) in [6, 6.07) is 6.59. The minimum atomic E-state index is -0.557. The van der Waals surface area contributed by atoms with E-state index in [0.29, 0.717) is 10.5 Å². The number of fused-ring (bicyclic) bond motifs is 1. The van der Waals surface area contributed by atoms with Gasteiger partial charge in [-0.1, -0.05) is 11.8 Å². The molecule has 3 rings (SSSR count). The van der Waals surface area contributed by atoms with Gasteiger partial charge in [0, 0.05) is 15.6 Å². The first-order valence-electron chi connectivity index (χ1n) is 5.90.